The number of nitrogens with zero attached hydrogens (tertiary/aromatic N) is 5. The molecule has 1 saturated heterocycles. The number of amides is 1. The zero-order valence-corrected chi connectivity index (χ0v) is 27.4. The van der Waals surface area contributed by atoms with Crippen LogP contribution in [0.4, 0.5) is 32.0 Å². The van der Waals surface area contributed by atoms with Crippen molar-refractivity contribution in [1.29, 1.82) is 0 Å². The Hall–Kier alpha value is -3.81. The SMILES string of the molecule is CN(C[C@@H](CCN1CCN(c2ccccc2CN=CN=CN)CC1)c1ccc(Cl)c(Cl)c1)C(=O)c1cc(C(F)(F)F)cc(C(F)(F)F)c1. The van der Waals surface area contributed by atoms with Crippen LogP contribution in [0.2, 0.25) is 10.0 Å². The fourth-order valence-corrected chi connectivity index (χ4v) is 5.88. The van der Waals surface area contributed by atoms with Gasteiger partial charge in [0.1, 0.15) is 6.34 Å². The van der Waals surface area contributed by atoms with Crippen LogP contribution in [0.15, 0.2) is 70.6 Å². The van der Waals surface area contributed by atoms with Crippen molar-refractivity contribution in [2.45, 2.75) is 31.2 Å². The van der Waals surface area contributed by atoms with Gasteiger partial charge >= 0.3 is 12.4 Å². The van der Waals surface area contributed by atoms with Crippen LogP contribution in [0, 0.1) is 0 Å². The van der Waals surface area contributed by atoms with E-state index in [9.17, 15) is 31.1 Å². The topological polar surface area (TPSA) is 77.5 Å². The molecule has 2 N–H and O–H groups in total. The molecular formula is C33H34Cl2F6N6O. The van der Waals surface area contributed by atoms with E-state index in [2.05, 4.69) is 19.8 Å². The zero-order valence-electron chi connectivity index (χ0n) is 25.9. The lowest BCUT2D eigenvalue weighted by Gasteiger charge is -2.37. The van der Waals surface area contributed by atoms with Crippen molar-refractivity contribution in [1.82, 2.24) is 9.80 Å². The Labute approximate surface area is 284 Å². The third-order valence-corrected chi connectivity index (χ3v) is 8.82. The number of rotatable bonds is 11. The summed E-state index contributed by atoms with van der Waals surface area (Å²) in [7, 11) is 1.35. The third-order valence-electron chi connectivity index (χ3n) is 8.09. The smallest absolute Gasteiger partial charge is 0.390 e. The predicted molar refractivity (Wildman–Crippen MR) is 177 cm³/mol. The molecule has 1 heterocycles. The molecule has 1 aliphatic heterocycles. The highest BCUT2D eigenvalue weighted by molar-refractivity contribution is 6.42. The number of benzene rings is 3. The maximum Gasteiger partial charge on any atom is 0.416 e. The maximum absolute atomic E-state index is 13.5. The molecule has 15 heteroatoms. The Morgan fingerprint density at radius 3 is 2.19 bits per heavy atom. The average molecular weight is 716 g/mol. The molecule has 0 aliphatic carbocycles. The van der Waals surface area contributed by atoms with Crippen LogP contribution in [-0.2, 0) is 18.9 Å². The average Bonchev–Trinajstić information content (AvgIpc) is 3.05. The lowest BCUT2D eigenvalue weighted by Crippen LogP contribution is -2.47. The fourth-order valence-electron chi connectivity index (χ4n) is 5.57. The van der Waals surface area contributed by atoms with Gasteiger partial charge in [-0.1, -0.05) is 47.5 Å². The van der Waals surface area contributed by atoms with Crippen LogP contribution in [0.25, 0.3) is 0 Å². The highest BCUT2D eigenvalue weighted by atomic mass is 35.5. The Morgan fingerprint density at radius 1 is 0.938 bits per heavy atom. The molecule has 3 aromatic rings. The Morgan fingerprint density at radius 2 is 1.58 bits per heavy atom. The molecule has 1 aliphatic rings. The number of alkyl halides is 6. The van der Waals surface area contributed by atoms with Gasteiger partial charge in [-0.2, -0.15) is 26.3 Å². The molecule has 0 spiro atoms. The Kier molecular flexibility index (Phi) is 12.4. The van der Waals surface area contributed by atoms with Crippen molar-refractivity contribution in [3.63, 3.8) is 0 Å². The first kappa shape index (κ1) is 37.0. The van der Waals surface area contributed by atoms with Crippen LogP contribution in [-0.4, -0.2) is 74.7 Å². The number of nitrogens with two attached hydrogens (primary N) is 1. The first-order chi connectivity index (χ1) is 22.7. The summed E-state index contributed by atoms with van der Waals surface area (Å²) in [5.41, 5.74) is 4.30. The fraction of sp³-hybridized carbons (Fsp3) is 0.364. The van der Waals surface area contributed by atoms with Gasteiger partial charge in [0.25, 0.3) is 5.91 Å². The number of hydrogen-bond donors (Lipinski definition) is 1. The van der Waals surface area contributed by atoms with Gasteiger partial charge in [0.2, 0.25) is 0 Å². The summed E-state index contributed by atoms with van der Waals surface area (Å²) in [5, 5.41) is 0.605. The van der Waals surface area contributed by atoms with Crippen LogP contribution in [0.1, 0.15) is 45.0 Å². The van der Waals surface area contributed by atoms with Crippen LogP contribution in [0.3, 0.4) is 0 Å². The van der Waals surface area contributed by atoms with Gasteiger partial charge in [0.05, 0.1) is 34.1 Å². The summed E-state index contributed by atoms with van der Waals surface area (Å²) in [6.07, 6.45) is -7.05. The van der Waals surface area contributed by atoms with Gasteiger partial charge in [-0.05, 0) is 60.5 Å². The van der Waals surface area contributed by atoms with Crippen molar-refractivity contribution in [3.05, 3.63) is 98.5 Å². The van der Waals surface area contributed by atoms with Crippen LogP contribution < -0.4 is 10.6 Å². The number of piperazine rings is 1. The van der Waals surface area contributed by atoms with Crippen molar-refractivity contribution < 1.29 is 31.1 Å². The van der Waals surface area contributed by atoms with E-state index in [0.29, 0.717) is 36.7 Å². The van der Waals surface area contributed by atoms with E-state index in [1.165, 1.54) is 19.7 Å². The van der Waals surface area contributed by atoms with Gasteiger partial charge < -0.3 is 15.5 Å². The molecule has 0 saturated carbocycles. The summed E-state index contributed by atoms with van der Waals surface area (Å²) in [5.74, 6) is -1.32. The number of likely N-dealkylation sites (N-methyl/N-ethyl adjacent to an activating group) is 1. The van der Waals surface area contributed by atoms with E-state index in [0.717, 1.165) is 47.9 Å². The van der Waals surface area contributed by atoms with Gasteiger partial charge in [0.15, 0.2) is 0 Å². The number of aliphatic imine (C=N–C) groups is 2. The van der Waals surface area contributed by atoms with E-state index in [1.54, 1.807) is 18.2 Å². The number of halogens is 8. The lowest BCUT2D eigenvalue weighted by molar-refractivity contribution is -0.143. The number of hydrogen-bond acceptors (Lipinski definition) is 4. The molecule has 1 amide bonds. The van der Waals surface area contributed by atoms with Gasteiger partial charge in [0, 0.05) is 56.9 Å². The second-order valence-electron chi connectivity index (χ2n) is 11.4. The molecular weight excluding hydrogens is 681 g/mol. The number of anilines is 1. The van der Waals surface area contributed by atoms with Crippen molar-refractivity contribution >= 4 is 47.5 Å². The molecule has 7 nitrogen and oxygen atoms in total. The molecule has 48 heavy (non-hydrogen) atoms. The highest BCUT2D eigenvalue weighted by Gasteiger charge is 2.38. The molecule has 258 valence electrons. The Balaban J connectivity index is 1.47. The molecule has 0 aromatic heterocycles. The summed E-state index contributed by atoms with van der Waals surface area (Å²) >= 11 is 12.4. The minimum atomic E-state index is -5.07. The monoisotopic (exact) mass is 714 g/mol. The lowest BCUT2D eigenvalue weighted by atomic mass is 9.94. The molecule has 0 radical (unpaired) electrons. The van der Waals surface area contributed by atoms with Gasteiger partial charge in [-0.25, -0.2) is 4.99 Å². The van der Waals surface area contributed by atoms with Crippen molar-refractivity contribution in [2.24, 2.45) is 15.7 Å². The Bertz CT molecular complexity index is 1590. The van der Waals surface area contributed by atoms with Crippen molar-refractivity contribution in [3.8, 4) is 0 Å². The summed E-state index contributed by atoms with van der Waals surface area (Å²) in [4.78, 5) is 27.1. The first-order valence-corrected chi connectivity index (χ1v) is 15.7. The second-order valence-corrected chi connectivity index (χ2v) is 12.2. The van der Waals surface area contributed by atoms with E-state index < -0.39 is 35.0 Å². The molecule has 1 atom stereocenters. The van der Waals surface area contributed by atoms with E-state index >= 15 is 0 Å². The third kappa shape index (κ3) is 9.86. The summed E-state index contributed by atoms with van der Waals surface area (Å²) < 4.78 is 80.8. The summed E-state index contributed by atoms with van der Waals surface area (Å²) in [6.45, 7) is 4.04. The van der Waals surface area contributed by atoms with Crippen LogP contribution in [0.5, 0.6) is 0 Å². The van der Waals surface area contributed by atoms with E-state index in [-0.39, 0.29) is 23.6 Å². The highest BCUT2D eigenvalue weighted by Crippen LogP contribution is 2.37. The van der Waals surface area contributed by atoms with Gasteiger partial charge in [-0.15, -0.1) is 0 Å². The molecule has 3 aromatic carbocycles. The quantitative estimate of drug-likeness (QED) is 0.126. The molecule has 0 unspecified atom stereocenters. The standard InChI is InChI=1S/C33H34Cl2F6N6O/c1-45(31(48)25-14-26(32(36,37)38)17-27(15-25)33(39,40)41)19-24(22-6-7-28(34)29(35)16-22)8-9-46-10-12-47(13-11-46)30-5-3-2-4-23(30)18-43-21-44-20-42/h2-7,14-17,20-21,24H,8-13,18-19H2,1H3,(H2,42,43,44)/t24-/m1/s1. The molecule has 1 fully saturated rings. The first-order valence-electron chi connectivity index (χ1n) is 14.9. The minimum absolute atomic E-state index is 0.0000939. The van der Waals surface area contributed by atoms with Crippen molar-refractivity contribution in [2.75, 3.05) is 51.2 Å². The minimum Gasteiger partial charge on any atom is -0.390 e. The van der Waals surface area contributed by atoms with E-state index in [1.807, 2.05) is 24.3 Å². The largest absolute Gasteiger partial charge is 0.416 e. The van der Waals surface area contributed by atoms with Gasteiger partial charge in [-0.3, -0.25) is 14.7 Å². The summed E-state index contributed by atoms with van der Waals surface area (Å²) in [6, 6.07) is 13.9. The zero-order chi connectivity index (χ0) is 35.1. The normalized spacial score (nSPS) is 15.4. The molecule has 0 bridgehead atoms. The van der Waals surface area contributed by atoms with Crippen LogP contribution >= 0.6 is 23.2 Å². The number of carbonyl (C=O) groups is 1. The van der Waals surface area contributed by atoms with E-state index in [4.69, 9.17) is 28.9 Å². The maximum atomic E-state index is 13.5. The number of carbonyl (C=O) groups excluding carboxylic acids is 1. The second kappa shape index (κ2) is 16.1. The predicted octanol–water partition coefficient (Wildman–Crippen LogP) is 7.61. The number of para-hydroxylation sites is 1. The molecule has 4 rings (SSSR count).